The minimum atomic E-state index is -3.41. The lowest BCUT2D eigenvalue weighted by atomic mass is 10.2. The Balaban J connectivity index is 2.31. The van der Waals surface area contributed by atoms with E-state index in [9.17, 15) is 8.42 Å². The van der Waals surface area contributed by atoms with Crippen LogP contribution < -0.4 is 10.0 Å². The van der Waals surface area contributed by atoms with Gasteiger partial charge in [-0.25, -0.2) is 18.4 Å². The van der Waals surface area contributed by atoms with Crippen molar-refractivity contribution in [1.82, 2.24) is 9.97 Å². The predicted molar refractivity (Wildman–Crippen MR) is 89.6 cm³/mol. The smallest absolute Gasteiger partial charge is 0.232 e. The summed E-state index contributed by atoms with van der Waals surface area (Å²) in [6.07, 6.45) is 1.59. The van der Waals surface area contributed by atoms with Crippen LogP contribution in [0.5, 0.6) is 0 Å². The first-order valence-electron chi connectivity index (χ1n) is 6.37. The van der Waals surface area contributed by atoms with Crippen LogP contribution in [0.1, 0.15) is 12.5 Å². The number of nitrogens with zero attached hydrogens (tertiary/aromatic N) is 2. The molecule has 9 heteroatoms. The number of nitrogens with one attached hydrogen (secondary N) is 2. The molecule has 0 aliphatic carbocycles. The van der Waals surface area contributed by atoms with Crippen molar-refractivity contribution in [3.8, 4) is 0 Å². The molecule has 22 heavy (non-hydrogen) atoms. The van der Waals surface area contributed by atoms with Gasteiger partial charge in [-0.1, -0.05) is 11.6 Å². The number of rotatable bonds is 5. The molecule has 0 atom stereocenters. The molecule has 0 aliphatic heterocycles. The minimum absolute atomic E-state index is 0.0401. The molecule has 0 amide bonds. The van der Waals surface area contributed by atoms with Gasteiger partial charge in [0.1, 0.15) is 5.82 Å². The maximum atomic E-state index is 11.7. The zero-order chi connectivity index (χ0) is 16.3. The van der Waals surface area contributed by atoms with Gasteiger partial charge >= 0.3 is 0 Å². The van der Waals surface area contributed by atoms with E-state index in [0.717, 1.165) is 5.56 Å². The summed E-state index contributed by atoms with van der Waals surface area (Å²) in [5, 5.41) is 3.48. The van der Waals surface area contributed by atoms with E-state index in [4.69, 9.17) is 23.2 Å². The fourth-order valence-corrected chi connectivity index (χ4v) is 2.61. The second-order valence-corrected chi connectivity index (χ2v) is 7.25. The molecule has 2 aromatic rings. The molecule has 0 saturated carbocycles. The van der Waals surface area contributed by atoms with Gasteiger partial charge in [-0.3, -0.25) is 4.72 Å². The number of aryl methyl sites for hydroxylation is 1. The van der Waals surface area contributed by atoms with E-state index in [1.165, 1.54) is 0 Å². The summed E-state index contributed by atoms with van der Waals surface area (Å²) < 4.78 is 25.8. The van der Waals surface area contributed by atoms with Crippen molar-refractivity contribution in [3.63, 3.8) is 0 Å². The summed E-state index contributed by atoms with van der Waals surface area (Å²) in [7, 11) is -3.41. The Morgan fingerprint density at radius 3 is 2.68 bits per heavy atom. The standard InChI is InChI=1S/C13H14Cl2N4O2S/c1-3-22(20,21)19-11-6-9(4-5-10(11)14)17-12-8(2)7-16-13(15)18-12/h4-7,19H,3H2,1-2H3,(H,16,17,18). The van der Waals surface area contributed by atoms with Crippen LogP contribution in [0, 0.1) is 6.92 Å². The second-order valence-electron chi connectivity index (χ2n) is 4.50. The zero-order valence-electron chi connectivity index (χ0n) is 11.9. The van der Waals surface area contributed by atoms with Gasteiger partial charge in [0.05, 0.1) is 16.5 Å². The lowest BCUT2D eigenvalue weighted by Crippen LogP contribution is -2.15. The third-order valence-electron chi connectivity index (χ3n) is 2.82. The number of anilines is 3. The average molecular weight is 361 g/mol. The third-order valence-corrected chi connectivity index (χ3v) is 4.62. The molecule has 0 radical (unpaired) electrons. The van der Waals surface area contributed by atoms with Crippen LogP contribution in [0.4, 0.5) is 17.2 Å². The molecule has 0 bridgehead atoms. The Morgan fingerprint density at radius 1 is 1.27 bits per heavy atom. The van der Waals surface area contributed by atoms with Crippen LogP contribution in [0.25, 0.3) is 0 Å². The number of sulfonamides is 1. The highest BCUT2D eigenvalue weighted by Crippen LogP contribution is 2.28. The van der Waals surface area contributed by atoms with E-state index in [1.54, 1.807) is 31.3 Å². The summed E-state index contributed by atoms with van der Waals surface area (Å²) in [6, 6.07) is 4.89. The summed E-state index contributed by atoms with van der Waals surface area (Å²) in [6.45, 7) is 3.37. The average Bonchev–Trinajstić information content (AvgIpc) is 2.46. The SMILES string of the molecule is CCS(=O)(=O)Nc1cc(Nc2nc(Cl)ncc2C)ccc1Cl. The molecular formula is C13H14Cl2N4O2S. The number of hydrogen-bond acceptors (Lipinski definition) is 5. The molecule has 0 unspecified atom stereocenters. The molecular weight excluding hydrogens is 347 g/mol. The highest BCUT2D eigenvalue weighted by Gasteiger charge is 2.11. The molecule has 0 fully saturated rings. The maximum Gasteiger partial charge on any atom is 0.232 e. The summed E-state index contributed by atoms with van der Waals surface area (Å²) in [5.41, 5.74) is 1.72. The van der Waals surface area contributed by atoms with Gasteiger partial charge in [0.25, 0.3) is 0 Å². The largest absolute Gasteiger partial charge is 0.340 e. The van der Waals surface area contributed by atoms with Crippen LogP contribution in [0.3, 0.4) is 0 Å². The van der Waals surface area contributed by atoms with Gasteiger partial charge in [0.15, 0.2) is 0 Å². The van der Waals surface area contributed by atoms with Crippen LogP contribution in [-0.2, 0) is 10.0 Å². The molecule has 2 N–H and O–H groups in total. The van der Waals surface area contributed by atoms with Crippen molar-refractivity contribution < 1.29 is 8.42 Å². The van der Waals surface area contributed by atoms with Crippen LogP contribution in [0.2, 0.25) is 10.3 Å². The van der Waals surface area contributed by atoms with Crippen molar-refractivity contribution >= 4 is 50.4 Å². The lowest BCUT2D eigenvalue weighted by Gasteiger charge is -2.12. The lowest BCUT2D eigenvalue weighted by molar-refractivity contribution is 0.602. The molecule has 1 heterocycles. The highest BCUT2D eigenvalue weighted by atomic mass is 35.5. The van der Waals surface area contributed by atoms with Crippen molar-refractivity contribution in [1.29, 1.82) is 0 Å². The molecule has 2 rings (SSSR count). The Kier molecular flexibility index (Phi) is 5.10. The number of benzene rings is 1. The topological polar surface area (TPSA) is 84.0 Å². The van der Waals surface area contributed by atoms with Crippen molar-refractivity contribution in [2.45, 2.75) is 13.8 Å². The number of aromatic nitrogens is 2. The van der Waals surface area contributed by atoms with Gasteiger partial charge in [-0.15, -0.1) is 0 Å². The first-order chi connectivity index (χ1) is 10.3. The van der Waals surface area contributed by atoms with Crippen molar-refractivity contribution in [2.24, 2.45) is 0 Å². The summed E-state index contributed by atoms with van der Waals surface area (Å²) in [5.74, 6) is 0.494. The second kappa shape index (κ2) is 6.68. The fourth-order valence-electron chi connectivity index (χ4n) is 1.60. The van der Waals surface area contributed by atoms with E-state index < -0.39 is 10.0 Å². The quantitative estimate of drug-likeness (QED) is 0.795. The van der Waals surface area contributed by atoms with Gasteiger partial charge in [-0.2, -0.15) is 0 Å². The van der Waals surface area contributed by atoms with Gasteiger partial charge < -0.3 is 5.32 Å². The van der Waals surface area contributed by atoms with Crippen LogP contribution in [-0.4, -0.2) is 24.1 Å². The van der Waals surface area contributed by atoms with E-state index in [1.807, 2.05) is 6.92 Å². The number of halogens is 2. The Labute approximate surface area is 138 Å². The predicted octanol–water partition coefficient (Wildman–Crippen LogP) is 3.60. The van der Waals surface area contributed by atoms with Crippen molar-refractivity contribution in [2.75, 3.05) is 15.8 Å². The fraction of sp³-hybridized carbons (Fsp3) is 0.231. The minimum Gasteiger partial charge on any atom is -0.340 e. The first kappa shape index (κ1) is 16.8. The van der Waals surface area contributed by atoms with E-state index in [-0.39, 0.29) is 11.0 Å². The molecule has 0 saturated heterocycles. The monoisotopic (exact) mass is 360 g/mol. The van der Waals surface area contributed by atoms with Gasteiger partial charge in [0, 0.05) is 17.4 Å². The van der Waals surface area contributed by atoms with E-state index >= 15 is 0 Å². The van der Waals surface area contributed by atoms with E-state index in [2.05, 4.69) is 20.0 Å². The molecule has 6 nitrogen and oxygen atoms in total. The molecule has 1 aromatic carbocycles. The summed E-state index contributed by atoms with van der Waals surface area (Å²) in [4.78, 5) is 7.96. The Bertz CT molecular complexity index is 797. The van der Waals surface area contributed by atoms with Crippen LogP contribution in [0.15, 0.2) is 24.4 Å². The normalized spacial score (nSPS) is 11.3. The zero-order valence-corrected chi connectivity index (χ0v) is 14.2. The Morgan fingerprint density at radius 2 is 2.00 bits per heavy atom. The number of hydrogen-bond donors (Lipinski definition) is 2. The molecule has 0 aliphatic rings. The molecule has 0 spiro atoms. The third kappa shape index (κ3) is 4.22. The first-order valence-corrected chi connectivity index (χ1v) is 8.78. The highest BCUT2D eigenvalue weighted by molar-refractivity contribution is 7.92. The van der Waals surface area contributed by atoms with Gasteiger partial charge in [0.2, 0.25) is 15.3 Å². The molecule has 1 aromatic heterocycles. The molecule has 118 valence electrons. The van der Waals surface area contributed by atoms with Crippen LogP contribution >= 0.6 is 23.2 Å². The van der Waals surface area contributed by atoms with E-state index in [0.29, 0.717) is 22.2 Å². The van der Waals surface area contributed by atoms with Crippen molar-refractivity contribution in [3.05, 3.63) is 40.3 Å². The summed E-state index contributed by atoms with van der Waals surface area (Å²) >= 11 is 11.8. The van der Waals surface area contributed by atoms with Gasteiger partial charge in [-0.05, 0) is 43.6 Å². The maximum absolute atomic E-state index is 11.7. The Hall–Kier alpha value is -1.57.